The standard InChI is InChI=1S/C31H30N4O6/c32-26(37)12-22(23-10-19-4-1-3-18-7-8-34(28(18)19)31(23)40)30-29(39)25(36)11-21(41-30)16-33-13-17-9-20(15-33)24-5-2-6-27(38)35(24)14-17/h1-6,10-11,17,20,22,39H,7-9,12-16H2,(H2,32,37). The average molecular weight is 555 g/mol. The molecule has 10 heteroatoms. The molecule has 0 spiro atoms. The van der Waals surface area contributed by atoms with Gasteiger partial charge in [-0.3, -0.25) is 24.1 Å². The summed E-state index contributed by atoms with van der Waals surface area (Å²) in [4.78, 5) is 53.4. The predicted molar refractivity (Wildman–Crippen MR) is 151 cm³/mol. The Labute approximate surface area is 234 Å². The molecular formula is C31H30N4O6. The Morgan fingerprint density at radius 1 is 1.05 bits per heavy atom. The highest BCUT2D eigenvalue weighted by Crippen LogP contribution is 2.37. The van der Waals surface area contributed by atoms with Gasteiger partial charge in [-0.15, -0.1) is 0 Å². The number of hydrogen-bond acceptors (Lipinski definition) is 7. The van der Waals surface area contributed by atoms with E-state index in [-0.39, 0.29) is 40.7 Å². The maximum atomic E-state index is 13.7. The Hall–Kier alpha value is -4.44. The number of hydrogen-bond donors (Lipinski definition) is 2. The molecule has 210 valence electrons. The molecule has 3 aliphatic heterocycles. The van der Waals surface area contributed by atoms with Crippen LogP contribution >= 0.6 is 0 Å². The minimum atomic E-state index is -1.02. The molecule has 2 bridgehead atoms. The topological polar surface area (TPSA) is 141 Å². The van der Waals surface area contributed by atoms with Gasteiger partial charge in [-0.05, 0) is 41.8 Å². The van der Waals surface area contributed by atoms with E-state index in [1.807, 2.05) is 28.8 Å². The van der Waals surface area contributed by atoms with Gasteiger partial charge in [-0.2, -0.15) is 0 Å². The van der Waals surface area contributed by atoms with Gasteiger partial charge in [0.15, 0.2) is 5.76 Å². The molecule has 1 fully saturated rings. The van der Waals surface area contributed by atoms with Gasteiger partial charge in [0.05, 0.1) is 18.0 Å². The quantitative estimate of drug-likeness (QED) is 0.371. The first-order valence-electron chi connectivity index (χ1n) is 14.0. The average Bonchev–Trinajstić information content (AvgIpc) is 3.38. The predicted octanol–water partition coefficient (Wildman–Crippen LogP) is 2.00. The largest absolute Gasteiger partial charge is 0.502 e. The molecule has 0 radical (unpaired) electrons. The molecule has 0 aliphatic carbocycles. The van der Waals surface area contributed by atoms with Crippen LogP contribution in [0.3, 0.4) is 0 Å². The van der Waals surface area contributed by atoms with Gasteiger partial charge in [0, 0.05) is 61.9 Å². The lowest BCUT2D eigenvalue weighted by Crippen LogP contribution is -2.46. The van der Waals surface area contributed by atoms with Gasteiger partial charge < -0.3 is 24.4 Å². The normalized spacial score (nSPS) is 20.2. The molecule has 3 N–H and O–H groups in total. The number of nitrogens with two attached hydrogens (primary N) is 1. The summed E-state index contributed by atoms with van der Waals surface area (Å²) in [6.45, 7) is 2.86. The second-order valence-corrected chi connectivity index (χ2v) is 11.6. The van der Waals surface area contributed by atoms with Crippen molar-refractivity contribution in [2.45, 2.75) is 50.7 Å². The first-order chi connectivity index (χ1) is 19.8. The Balaban J connectivity index is 1.26. The summed E-state index contributed by atoms with van der Waals surface area (Å²) < 4.78 is 9.71. The number of carbonyl (C=O) groups excluding carboxylic acids is 1. The second kappa shape index (κ2) is 9.59. The van der Waals surface area contributed by atoms with Crippen molar-refractivity contribution in [3.8, 4) is 5.75 Å². The van der Waals surface area contributed by atoms with Crippen molar-refractivity contribution >= 4 is 16.8 Å². The van der Waals surface area contributed by atoms with E-state index in [0.717, 1.165) is 41.5 Å². The van der Waals surface area contributed by atoms with Crippen molar-refractivity contribution < 1.29 is 14.3 Å². The smallest absolute Gasteiger partial charge is 0.255 e. The second-order valence-electron chi connectivity index (χ2n) is 11.6. The monoisotopic (exact) mass is 554 g/mol. The lowest BCUT2D eigenvalue weighted by atomic mass is 9.83. The van der Waals surface area contributed by atoms with E-state index < -0.39 is 23.0 Å². The maximum absolute atomic E-state index is 13.7. The van der Waals surface area contributed by atoms with Crippen LogP contribution in [0.15, 0.2) is 67.3 Å². The lowest BCUT2D eigenvalue weighted by Gasteiger charge is -2.42. The molecule has 3 unspecified atom stereocenters. The molecule has 7 rings (SSSR count). The highest BCUT2D eigenvalue weighted by molar-refractivity contribution is 5.84. The number of piperidine rings is 1. The van der Waals surface area contributed by atoms with Crippen LogP contribution in [0.1, 0.15) is 53.0 Å². The van der Waals surface area contributed by atoms with Gasteiger partial charge >= 0.3 is 0 Å². The summed E-state index contributed by atoms with van der Waals surface area (Å²) in [5.41, 5.74) is 7.89. The molecular weight excluding hydrogens is 524 g/mol. The summed E-state index contributed by atoms with van der Waals surface area (Å²) in [5, 5.41) is 11.7. The number of para-hydroxylation sites is 1. The van der Waals surface area contributed by atoms with Crippen molar-refractivity contribution in [1.29, 1.82) is 0 Å². The fraction of sp³-hybridized carbons (Fsp3) is 0.355. The molecule has 41 heavy (non-hydrogen) atoms. The van der Waals surface area contributed by atoms with E-state index in [0.29, 0.717) is 31.9 Å². The van der Waals surface area contributed by atoms with E-state index in [2.05, 4.69) is 4.90 Å². The number of primary amides is 1. The minimum absolute atomic E-state index is 0.0136. The number of fused-ring (bicyclic) bond motifs is 4. The highest BCUT2D eigenvalue weighted by atomic mass is 16.4. The first-order valence-corrected chi connectivity index (χ1v) is 14.0. The van der Waals surface area contributed by atoms with Crippen molar-refractivity contribution in [2.24, 2.45) is 11.7 Å². The Morgan fingerprint density at radius 3 is 2.71 bits per heavy atom. The van der Waals surface area contributed by atoms with Gasteiger partial charge in [0.1, 0.15) is 5.76 Å². The van der Waals surface area contributed by atoms with Crippen LogP contribution in [0, 0.1) is 5.92 Å². The number of likely N-dealkylation sites (tertiary alicyclic amines) is 1. The zero-order chi connectivity index (χ0) is 28.4. The van der Waals surface area contributed by atoms with Crippen LogP contribution in [0.2, 0.25) is 0 Å². The van der Waals surface area contributed by atoms with E-state index in [1.54, 1.807) is 22.8 Å². The molecule has 3 atom stereocenters. The van der Waals surface area contributed by atoms with Gasteiger partial charge in [0.25, 0.3) is 11.1 Å². The van der Waals surface area contributed by atoms with Gasteiger partial charge in [0.2, 0.25) is 17.1 Å². The number of amides is 1. The third-order valence-corrected chi connectivity index (χ3v) is 8.86. The Morgan fingerprint density at radius 2 is 1.88 bits per heavy atom. The van der Waals surface area contributed by atoms with E-state index >= 15 is 0 Å². The molecule has 10 nitrogen and oxygen atoms in total. The van der Waals surface area contributed by atoms with E-state index in [1.165, 1.54) is 6.07 Å². The zero-order valence-corrected chi connectivity index (χ0v) is 22.4. The van der Waals surface area contributed by atoms with Crippen LogP contribution in [0.5, 0.6) is 5.75 Å². The summed E-state index contributed by atoms with van der Waals surface area (Å²) in [5.74, 6) is -1.67. The molecule has 3 aromatic heterocycles. The molecule has 1 amide bonds. The minimum Gasteiger partial charge on any atom is -0.502 e. The molecule has 3 aliphatic rings. The van der Waals surface area contributed by atoms with Gasteiger partial charge in [-0.1, -0.05) is 24.3 Å². The number of aromatic nitrogens is 2. The van der Waals surface area contributed by atoms with E-state index in [9.17, 15) is 24.3 Å². The number of pyridine rings is 2. The van der Waals surface area contributed by atoms with Crippen molar-refractivity contribution in [2.75, 3.05) is 13.1 Å². The molecule has 6 heterocycles. The number of benzene rings is 1. The molecule has 0 saturated carbocycles. The maximum Gasteiger partial charge on any atom is 0.255 e. The third kappa shape index (κ3) is 4.30. The van der Waals surface area contributed by atoms with Crippen molar-refractivity contribution in [3.05, 3.63) is 108 Å². The number of aromatic hydroxyl groups is 1. The first kappa shape index (κ1) is 25.5. The zero-order valence-electron chi connectivity index (χ0n) is 22.4. The van der Waals surface area contributed by atoms with Crippen LogP contribution < -0.4 is 22.3 Å². The lowest BCUT2D eigenvalue weighted by molar-refractivity contribution is -0.118. The number of carbonyl (C=O) groups is 1. The summed E-state index contributed by atoms with van der Waals surface area (Å²) in [6, 6.07) is 14.2. The van der Waals surface area contributed by atoms with Crippen LogP contribution in [-0.4, -0.2) is 38.1 Å². The van der Waals surface area contributed by atoms with Gasteiger partial charge in [-0.25, -0.2) is 0 Å². The van der Waals surface area contributed by atoms with Crippen LogP contribution in [-0.2, 0) is 30.8 Å². The van der Waals surface area contributed by atoms with E-state index in [4.69, 9.17) is 10.2 Å². The summed E-state index contributed by atoms with van der Waals surface area (Å²) in [6.07, 6.45) is 1.41. The van der Waals surface area contributed by atoms with Crippen LogP contribution in [0.4, 0.5) is 0 Å². The fourth-order valence-corrected chi connectivity index (χ4v) is 7.20. The molecule has 1 saturated heterocycles. The summed E-state index contributed by atoms with van der Waals surface area (Å²) >= 11 is 0. The van der Waals surface area contributed by atoms with Crippen molar-refractivity contribution in [1.82, 2.24) is 14.0 Å². The molecule has 1 aromatic carbocycles. The molecule has 4 aromatic rings. The number of aryl methyl sites for hydroxylation is 2. The Kier molecular flexibility index (Phi) is 5.97. The summed E-state index contributed by atoms with van der Waals surface area (Å²) in [7, 11) is 0. The third-order valence-electron chi connectivity index (χ3n) is 8.86. The number of nitrogens with zero attached hydrogens (tertiary/aromatic N) is 3. The fourth-order valence-electron chi connectivity index (χ4n) is 7.20. The highest BCUT2D eigenvalue weighted by Gasteiger charge is 2.35. The SMILES string of the molecule is NC(=O)CC(c1oc(CN2CC3CC(C2)c2cccc(=O)n2C3)cc(=O)c1O)c1cc2cccc3c2n(c1=O)CC3. The van der Waals surface area contributed by atoms with Crippen LogP contribution in [0.25, 0.3) is 10.9 Å². The Bertz CT molecular complexity index is 1900. The number of rotatable bonds is 6. The van der Waals surface area contributed by atoms with Crippen molar-refractivity contribution in [3.63, 3.8) is 0 Å².